The highest BCUT2D eigenvalue weighted by molar-refractivity contribution is 7.09. The third-order valence-corrected chi connectivity index (χ3v) is 5.24. The molecule has 0 spiro atoms. The van der Waals surface area contributed by atoms with Crippen LogP contribution in [-0.2, 0) is 17.7 Å². The molecule has 2 saturated heterocycles. The summed E-state index contributed by atoms with van der Waals surface area (Å²) in [6, 6.07) is 0. The Morgan fingerprint density at radius 3 is 2.91 bits per heavy atom. The summed E-state index contributed by atoms with van der Waals surface area (Å²) in [5, 5.41) is 7.13. The Bertz CT molecular complexity index is 587. The molecular weight excluding hydrogens is 300 g/mol. The van der Waals surface area contributed by atoms with Crippen molar-refractivity contribution < 1.29 is 9.26 Å². The number of nitrogens with zero attached hydrogens (tertiary/aromatic N) is 4. The Kier molecular flexibility index (Phi) is 3.71. The third kappa shape index (κ3) is 2.93. The Labute approximate surface area is 133 Å². The standard InChI is InChI=1S/C15H20N4O2S/c1-9-16-15(21-18-9)4-13-3-11-5-19(7-14(11)20-13)6-12-8-22-10(2)17-12/h8,11,13-14H,3-7H2,1-2H3/t11-,13+,14+/m0/s1. The van der Waals surface area contributed by atoms with Gasteiger partial charge in [-0.3, -0.25) is 4.90 Å². The maximum Gasteiger partial charge on any atom is 0.229 e. The zero-order valence-electron chi connectivity index (χ0n) is 12.9. The smallest absolute Gasteiger partial charge is 0.229 e. The van der Waals surface area contributed by atoms with Crippen LogP contribution in [0.5, 0.6) is 0 Å². The average molecular weight is 320 g/mol. The highest BCUT2D eigenvalue weighted by Gasteiger charge is 2.42. The lowest BCUT2D eigenvalue weighted by molar-refractivity contribution is 0.0342. The van der Waals surface area contributed by atoms with Crippen molar-refractivity contribution in [3.8, 4) is 0 Å². The number of fused-ring (bicyclic) bond motifs is 1. The van der Waals surface area contributed by atoms with Gasteiger partial charge in [-0.2, -0.15) is 4.98 Å². The van der Waals surface area contributed by atoms with Gasteiger partial charge in [0.25, 0.3) is 0 Å². The van der Waals surface area contributed by atoms with E-state index in [2.05, 4.69) is 32.3 Å². The van der Waals surface area contributed by atoms with Crippen LogP contribution in [0.2, 0.25) is 0 Å². The van der Waals surface area contributed by atoms with Gasteiger partial charge in [-0.15, -0.1) is 11.3 Å². The molecule has 6 nitrogen and oxygen atoms in total. The number of likely N-dealkylation sites (tertiary alicyclic amines) is 1. The lowest BCUT2D eigenvalue weighted by Gasteiger charge is -2.17. The van der Waals surface area contributed by atoms with E-state index in [0.717, 1.165) is 37.5 Å². The van der Waals surface area contributed by atoms with Gasteiger partial charge < -0.3 is 9.26 Å². The van der Waals surface area contributed by atoms with E-state index in [1.165, 1.54) is 5.69 Å². The molecule has 0 amide bonds. The molecule has 0 unspecified atom stereocenters. The van der Waals surface area contributed by atoms with E-state index in [-0.39, 0.29) is 6.10 Å². The summed E-state index contributed by atoms with van der Waals surface area (Å²) in [6.07, 6.45) is 2.38. The normalized spacial score (nSPS) is 28.4. The summed E-state index contributed by atoms with van der Waals surface area (Å²) in [4.78, 5) is 11.3. The largest absolute Gasteiger partial charge is 0.373 e. The molecule has 0 N–H and O–H groups in total. The third-order valence-electron chi connectivity index (χ3n) is 4.41. The van der Waals surface area contributed by atoms with E-state index in [4.69, 9.17) is 9.26 Å². The van der Waals surface area contributed by atoms with Crippen molar-refractivity contribution in [2.24, 2.45) is 5.92 Å². The fraction of sp³-hybridized carbons (Fsp3) is 0.667. The second-order valence-electron chi connectivity index (χ2n) is 6.28. The molecule has 2 aliphatic rings. The van der Waals surface area contributed by atoms with Crippen molar-refractivity contribution in [1.29, 1.82) is 0 Å². The first-order valence-corrected chi connectivity index (χ1v) is 8.61. The van der Waals surface area contributed by atoms with Gasteiger partial charge in [0.05, 0.1) is 29.3 Å². The van der Waals surface area contributed by atoms with Crippen LogP contribution in [0.25, 0.3) is 0 Å². The first kappa shape index (κ1) is 14.3. The molecule has 3 atom stereocenters. The summed E-state index contributed by atoms with van der Waals surface area (Å²) in [5.41, 5.74) is 1.18. The van der Waals surface area contributed by atoms with E-state index in [1.54, 1.807) is 11.3 Å². The van der Waals surface area contributed by atoms with Crippen molar-refractivity contribution in [2.45, 2.75) is 45.4 Å². The van der Waals surface area contributed by atoms with Crippen LogP contribution in [0.3, 0.4) is 0 Å². The molecule has 22 heavy (non-hydrogen) atoms. The van der Waals surface area contributed by atoms with Gasteiger partial charge in [0.1, 0.15) is 0 Å². The number of aryl methyl sites for hydroxylation is 2. The first-order valence-electron chi connectivity index (χ1n) is 7.74. The molecule has 7 heteroatoms. The Balaban J connectivity index is 1.30. The van der Waals surface area contributed by atoms with E-state index in [0.29, 0.717) is 23.7 Å². The number of aromatic nitrogens is 3. The summed E-state index contributed by atoms with van der Waals surface area (Å²) < 4.78 is 11.4. The number of thiazole rings is 1. The van der Waals surface area contributed by atoms with Crippen LogP contribution in [-0.4, -0.2) is 45.3 Å². The highest BCUT2D eigenvalue weighted by Crippen LogP contribution is 2.34. The van der Waals surface area contributed by atoms with Gasteiger partial charge in [0.15, 0.2) is 5.82 Å². The highest BCUT2D eigenvalue weighted by atomic mass is 32.1. The number of rotatable bonds is 4. The fourth-order valence-electron chi connectivity index (χ4n) is 3.54. The molecular formula is C15H20N4O2S. The maximum absolute atomic E-state index is 6.18. The van der Waals surface area contributed by atoms with Gasteiger partial charge >= 0.3 is 0 Å². The van der Waals surface area contributed by atoms with Crippen LogP contribution in [0.4, 0.5) is 0 Å². The minimum atomic E-state index is 0.221. The lowest BCUT2D eigenvalue weighted by atomic mass is 10.0. The van der Waals surface area contributed by atoms with Crippen LogP contribution in [0, 0.1) is 19.8 Å². The summed E-state index contributed by atoms with van der Waals surface area (Å²) >= 11 is 1.72. The molecule has 0 radical (unpaired) electrons. The van der Waals surface area contributed by atoms with Gasteiger partial charge in [-0.05, 0) is 20.3 Å². The predicted molar refractivity (Wildman–Crippen MR) is 81.6 cm³/mol. The predicted octanol–water partition coefficient (Wildman–Crippen LogP) is 1.97. The van der Waals surface area contributed by atoms with Crippen LogP contribution >= 0.6 is 11.3 Å². The van der Waals surface area contributed by atoms with Crippen LogP contribution in [0.15, 0.2) is 9.90 Å². The zero-order chi connectivity index (χ0) is 15.1. The Morgan fingerprint density at radius 2 is 2.23 bits per heavy atom. The van der Waals surface area contributed by atoms with Crippen molar-refractivity contribution >= 4 is 11.3 Å². The van der Waals surface area contributed by atoms with E-state index >= 15 is 0 Å². The van der Waals surface area contributed by atoms with Gasteiger partial charge in [0.2, 0.25) is 5.89 Å². The summed E-state index contributed by atoms with van der Waals surface area (Å²) in [5.74, 6) is 2.00. The fourth-order valence-corrected chi connectivity index (χ4v) is 4.14. The quantitative estimate of drug-likeness (QED) is 0.858. The van der Waals surface area contributed by atoms with Crippen molar-refractivity contribution in [3.63, 3.8) is 0 Å². The Hall–Kier alpha value is -1.31. The minimum absolute atomic E-state index is 0.221. The van der Waals surface area contributed by atoms with Gasteiger partial charge in [0, 0.05) is 30.9 Å². The molecule has 2 aliphatic heterocycles. The minimum Gasteiger partial charge on any atom is -0.373 e. The topological polar surface area (TPSA) is 64.3 Å². The molecule has 2 aromatic heterocycles. The summed E-state index contributed by atoms with van der Waals surface area (Å²) in [6.45, 7) is 6.94. The molecule has 2 aromatic rings. The molecule has 4 heterocycles. The first-order chi connectivity index (χ1) is 10.7. The number of hydrogen-bond donors (Lipinski definition) is 0. The van der Waals surface area contributed by atoms with E-state index < -0.39 is 0 Å². The maximum atomic E-state index is 6.18. The molecule has 0 aromatic carbocycles. The summed E-state index contributed by atoms with van der Waals surface area (Å²) in [7, 11) is 0. The molecule has 0 bridgehead atoms. The molecule has 0 aliphatic carbocycles. The van der Waals surface area contributed by atoms with E-state index in [9.17, 15) is 0 Å². The molecule has 4 rings (SSSR count). The molecule has 118 valence electrons. The second kappa shape index (κ2) is 5.72. The second-order valence-corrected chi connectivity index (χ2v) is 7.35. The Morgan fingerprint density at radius 1 is 1.32 bits per heavy atom. The van der Waals surface area contributed by atoms with Crippen LogP contribution < -0.4 is 0 Å². The lowest BCUT2D eigenvalue weighted by Crippen LogP contribution is -2.25. The SMILES string of the molecule is Cc1noc(C[C@H]2C[C@H]3CN(Cc4csc(C)n4)C[C@H]3O2)n1. The van der Waals surface area contributed by atoms with Gasteiger partial charge in [-0.25, -0.2) is 4.98 Å². The van der Waals surface area contributed by atoms with Crippen molar-refractivity contribution in [2.75, 3.05) is 13.1 Å². The van der Waals surface area contributed by atoms with Crippen molar-refractivity contribution in [1.82, 2.24) is 20.0 Å². The number of ether oxygens (including phenoxy) is 1. The number of hydrogen-bond acceptors (Lipinski definition) is 7. The zero-order valence-corrected chi connectivity index (χ0v) is 13.7. The van der Waals surface area contributed by atoms with Gasteiger partial charge in [-0.1, -0.05) is 5.16 Å². The molecule has 2 fully saturated rings. The van der Waals surface area contributed by atoms with E-state index in [1.807, 2.05) is 6.92 Å². The average Bonchev–Trinajstić information content (AvgIpc) is 3.18. The van der Waals surface area contributed by atoms with Crippen LogP contribution in [0.1, 0.15) is 28.8 Å². The van der Waals surface area contributed by atoms with Crippen molar-refractivity contribution in [3.05, 3.63) is 27.8 Å². The monoisotopic (exact) mass is 320 g/mol. The molecule has 0 saturated carbocycles.